The van der Waals surface area contributed by atoms with Gasteiger partial charge in [-0.1, -0.05) is 6.92 Å². The molecule has 44 heavy (non-hydrogen) atoms. The first kappa shape index (κ1) is 32.2. The maximum atomic E-state index is 12.5. The van der Waals surface area contributed by atoms with E-state index in [4.69, 9.17) is 20.2 Å². The monoisotopic (exact) mass is 610 g/mol. The highest BCUT2D eigenvalue weighted by atomic mass is 16.5. The number of piperidine rings is 1. The average Bonchev–Trinajstić information content (AvgIpc) is 3.03. The summed E-state index contributed by atoms with van der Waals surface area (Å²) >= 11 is 0. The van der Waals surface area contributed by atoms with Crippen molar-refractivity contribution in [3.63, 3.8) is 0 Å². The molecule has 2 aromatic rings. The van der Waals surface area contributed by atoms with Crippen LogP contribution in [0.15, 0.2) is 18.2 Å². The van der Waals surface area contributed by atoms with Gasteiger partial charge in [0.05, 0.1) is 24.1 Å². The molecular weight excluding hydrogens is 560 g/mol. The number of nitrogens with one attached hydrogen (secondary N) is 2. The van der Waals surface area contributed by atoms with Gasteiger partial charge in [-0.2, -0.15) is 0 Å². The number of ether oxygens (including phenoxy) is 2. The molecule has 12 nitrogen and oxygen atoms in total. The second-order valence-corrected chi connectivity index (χ2v) is 12.3. The molecule has 2 saturated heterocycles. The smallest absolute Gasteiger partial charge is 0.271 e. The largest absolute Gasteiger partial charge is 0.489 e. The van der Waals surface area contributed by atoms with E-state index in [0.29, 0.717) is 43.0 Å². The van der Waals surface area contributed by atoms with Crippen LogP contribution in [0.4, 0.5) is 23.0 Å². The third kappa shape index (κ3) is 8.09. The molecule has 5 rings (SSSR count). The lowest BCUT2D eigenvalue weighted by Gasteiger charge is -2.42. The Labute approximate surface area is 261 Å². The fourth-order valence-electron chi connectivity index (χ4n) is 6.50. The van der Waals surface area contributed by atoms with E-state index in [1.54, 1.807) is 7.11 Å². The Bertz CT molecular complexity index is 1240. The molecule has 0 unspecified atom stereocenters. The first-order valence-electron chi connectivity index (χ1n) is 16.2. The predicted molar refractivity (Wildman–Crippen MR) is 173 cm³/mol. The van der Waals surface area contributed by atoms with Crippen LogP contribution in [0.5, 0.6) is 5.75 Å². The standard InChI is InChI=1S/C32H50N8O4/c1-4-26-31(34-22-5-8-25(41)9-6-22)37-32(29(36-26)30(33)42)35-23-7-10-27(28(21-23)44-20-19-43-3)40-13-11-24(12-14-40)39-17-15-38(2)16-18-39/h7,10,21-22,24-25,41H,4-6,8-9,11-20H2,1-3H3,(H2,33,42)(H2,34,35,37). The average molecular weight is 611 g/mol. The molecule has 12 heteroatoms. The van der Waals surface area contributed by atoms with E-state index in [2.05, 4.69) is 43.4 Å². The summed E-state index contributed by atoms with van der Waals surface area (Å²) in [6.07, 6.45) is 5.81. The highest BCUT2D eigenvalue weighted by Gasteiger charge is 2.28. The van der Waals surface area contributed by atoms with Crippen LogP contribution in [0.1, 0.15) is 61.6 Å². The normalized spacial score (nSPS) is 22.1. The van der Waals surface area contributed by atoms with Crippen molar-refractivity contribution >= 4 is 28.9 Å². The zero-order valence-corrected chi connectivity index (χ0v) is 26.6. The molecule has 2 aliphatic heterocycles. The fraction of sp³-hybridized carbons (Fsp3) is 0.656. The topological polar surface area (TPSA) is 141 Å². The summed E-state index contributed by atoms with van der Waals surface area (Å²) in [4.78, 5) is 29.4. The van der Waals surface area contributed by atoms with Crippen molar-refractivity contribution < 1.29 is 19.4 Å². The van der Waals surface area contributed by atoms with Crippen molar-refractivity contribution in [2.75, 3.05) is 82.2 Å². The molecule has 0 bridgehead atoms. The molecule has 3 fully saturated rings. The van der Waals surface area contributed by atoms with Gasteiger partial charge >= 0.3 is 0 Å². The minimum absolute atomic E-state index is 0.100. The Morgan fingerprint density at radius 1 is 1.00 bits per heavy atom. The van der Waals surface area contributed by atoms with Gasteiger partial charge in [-0.05, 0) is 64.1 Å². The molecule has 3 aliphatic rings. The summed E-state index contributed by atoms with van der Waals surface area (Å²) in [5.41, 5.74) is 8.33. The molecule has 242 valence electrons. The Morgan fingerprint density at radius 3 is 2.39 bits per heavy atom. The Balaban J connectivity index is 1.34. The number of piperazine rings is 1. The van der Waals surface area contributed by atoms with Crippen molar-refractivity contribution in [1.29, 1.82) is 0 Å². The second kappa shape index (κ2) is 15.2. The minimum atomic E-state index is -0.640. The molecule has 1 amide bonds. The number of rotatable bonds is 12. The molecule has 3 heterocycles. The number of aliphatic hydroxyl groups is 1. The summed E-state index contributed by atoms with van der Waals surface area (Å²) in [6, 6.07) is 6.82. The van der Waals surface area contributed by atoms with E-state index in [1.807, 2.05) is 19.1 Å². The molecule has 1 aromatic carbocycles. The van der Waals surface area contributed by atoms with Gasteiger partial charge in [0.2, 0.25) is 0 Å². The van der Waals surface area contributed by atoms with Crippen molar-refractivity contribution in [1.82, 2.24) is 19.8 Å². The fourth-order valence-corrected chi connectivity index (χ4v) is 6.50. The van der Waals surface area contributed by atoms with E-state index in [9.17, 15) is 9.90 Å². The number of primary amides is 1. The van der Waals surface area contributed by atoms with Crippen LogP contribution < -0.4 is 26.0 Å². The first-order valence-corrected chi connectivity index (χ1v) is 16.2. The lowest BCUT2D eigenvalue weighted by Crippen LogP contribution is -2.52. The number of aromatic nitrogens is 2. The zero-order chi connectivity index (χ0) is 31.1. The second-order valence-electron chi connectivity index (χ2n) is 12.3. The molecule has 5 N–H and O–H groups in total. The van der Waals surface area contributed by atoms with Crippen molar-refractivity contribution in [3.8, 4) is 5.75 Å². The Hall–Kier alpha value is -3.19. The number of amides is 1. The molecule has 0 atom stereocenters. The highest BCUT2D eigenvalue weighted by Crippen LogP contribution is 2.35. The van der Waals surface area contributed by atoms with Crippen LogP contribution >= 0.6 is 0 Å². The number of carbonyl (C=O) groups excluding carboxylic acids is 1. The number of aliphatic hydroxyl groups excluding tert-OH is 1. The summed E-state index contributed by atoms with van der Waals surface area (Å²) < 4.78 is 11.5. The highest BCUT2D eigenvalue weighted by molar-refractivity contribution is 5.96. The van der Waals surface area contributed by atoms with Crippen LogP contribution in [0.25, 0.3) is 0 Å². The number of anilines is 4. The molecule has 0 spiro atoms. The third-order valence-corrected chi connectivity index (χ3v) is 9.20. The Kier molecular flexibility index (Phi) is 11.1. The van der Waals surface area contributed by atoms with Gasteiger partial charge in [0.15, 0.2) is 11.5 Å². The molecule has 0 radical (unpaired) electrons. The van der Waals surface area contributed by atoms with Crippen LogP contribution in [0.3, 0.4) is 0 Å². The van der Waals surface area contributed by atoms with E-state index in [1.165, 1.54) is 0 Å². The van der Waals surface area contributed by atoms with Crippen LogP contribution in [0.2, 0.25) is 0 Å². The van der Waals surface area contributed by atoms with Crippen LogP contribution in [-0.2, 0) is 11.2 Å². The SMILES string of the molecule is CCc1nc(C(N)=O)c(Nc2ccc(N3CCC(N4CCN(C)CC4)CC3)c(OCCOC)c2)nc1NC1CCC(O)CC1. The van der Waals surface area contributed by atoms with Gasteiger partial charge < -0.3 is 40.7 Å². The van der Waals surface area contributed by atoms with Crippen molar-refractivity contribution in [2.45, 2.75) is 70.1 Å². The van der Waals surface area contributed by atoms with Gasteiger partial charge in [-0.3, -0.25) is 9.69 Å². The zero-order valence-electron chi connectivity index (χ0n) is 26.6. The Morgan fingerprint density at radius 2 is 1.73 bits per heavy atom. The van der Waals surface area contributed by atoms with Gasteiger partial charge in [-0.15, -0.1) is 0 Å². The van der Waals surface area contributed by atoms with E-state index >= 15 is 0 Å². The van der Waals surface area contributed by atoms with Gasteiger partial charge in [0.25, 0.3) is 5.91 Å². The van der Waals surface area contributed by atoms with Crippen molar-refractivity contribution in [2.24, 2.45) is 5.73 Å². The maximum absolute atomic E-state index is 12.5. The molecule has 1 aromatic heterocycles. The summed E-state index contributed by atoms with van der Waals surface area (Å²) in [7, 11) is 3.86. The summed E-state index contributed by atoms with van der Waals surface area (Å²) in [5.74, 6) is 1.05. The number of likely N-dealkylation sites (N-methyl/N-ethyl adjacent to an activating group) is 1. The number of benzene rings is 1. The molecule has 1 aliphatic carbocycles. The number of aryl methyl sites for hydroxylation is 1. The third-order valence-electron chi connectivity index (χ3n) is 9.20. The molecular formula is C32H50N8O4. The van der Waals surface area contributed by atoms with Crippen LogP contribution in [0, 0.1) is 0 Å². The van der Waals surface area contributed by atoms with Gasteiger partial charge in [-0.25, -0.2) is 9.97 Å². The molecule has 1 saturated carbocycles. The lowest BCUT2D eigenvalue weighted by atomic mass is 9.93. The predicted octanol–water partition coefficient (Wildman–Crippen LogP) is 2.84. The first-order chi connectivity index (χ1) is 21.3. The quantitative estimate of drug-likeness (QED) is 0.264. The van der Waals surface area contributed by atoms with E-state index in [0.717, 1.165) is 94.9 Å². The van der Waals surface area contributed by atoms with Gasteiger partial charge in [0, 0.05) is 70.2 Å². The number of methoxy groups -OCH3 is 1. The number of carbonyl (C=O) groups is 1. The van der Waals surface area contributed by atoms with Gasteiger partial charge in [0.1, 0.15) is 18.2 Å². The number of nitrogens with zero attached hydrogens (tertiary/aromatic N) is 5. The minimum Gasteiger partial charge on any atom is -0.489 e. The van der Waals surface area contributed by atoms with Crippen molar-refractivity contribution in [3.05, 3.63) is 29.6 Å². The summed E-state index contributed by atoms with van der Waals surface area (Å²) in [6.45, 7) is 9.37. The van der Waals surface area contributed by atoms with Crippen LogP contribution in [-0.4, -0.2) is 116 Å². The number of hydrogen-bond donors (Lipinski definition) is 4. The number of nitrogens with two attached hydrogens (primary N) is 1. The number of hydrogen-bond acceptors (Lipinski definition) is 11. The maximum Gasteiger partial charge on any atom is 0.271 e. The van der Waals surface area contributed by atoms with E-state index < -0.39 is 5.91 Å². The lowest BCUT2D eigenvalue weighted by molar-refractivity contribution is 0.0980. The summed E-state index contributed by atoms with van der Waals surface area (Å²) in [5, 5.41) is 16.7. The van der Waals surface area contributed by atoms with E-state index in [-0.39, 0.29) is 17.8 Å².